The van der Waals surface area contributed by atoms with Crippen LogP contribution in [0.5, 0.6) is 5.75 Å². The van der Waals surface area contributed by atoms with Gasteiger partial charge in [-0.3, -0.25) is 4.79 Å². The number of nitrogens with zero attached hydrogens (tertiary/aromatic N) is 2. The Labute approximate surface area is 145 Å². The molecular formula is C19H19N3O3. The standard InChI is InChI=1S/C19H19N3O3/c1-25-17-7-3-4-14(11-17)18(23)12-21-19(24)15-5-2-6-16(10-15)22-9-8-20-13-22/h2-11,13,18,23H,12H2,1H3,(H,21,24). The predicted octanol–water partition coefficient (Wildman–Crippen LogP) is 2.34. The van der Waals surface area contributed by atoms with Crippen molar-refractivity contribution in [1.29, 1.82) is 0 Å². The van der Waals surface area contributed by atoms with E-state index in [0.717, 1.165) is 5.69 Å². The summed E-state index contributed by atoms with van der Waals surface area (Å²) in [5, 5.41) is 13.0. The van der Waals surface area contributed by atoms with Crippen molar-refractivity contribution in [1.82, 2.24) is 14.9 Å². The van der Waals surface area contributed by atoms with Crippen molar-refractivity contribution in [2.24, 2.45) is 0 Å². The molecule has 2 aromatic carbocycles. The number of benzene rings is 2. The maximum Gasteiger partial charge on any atom is 0.251 e. The minimum Gasteiger partial charge on any atom is -0.497 e. The number of ether oxygens (including phenoxy) is 1. The highest BCUT2D eigenvalue weighted by Gasteiger charge is 2.12. The van der Waals surface area contributed by atoms with Crippen LogP contribution in [0.4, 0.5) is 0 Å². The fraction of sp³-hybridized carbons (Fsp3) is 0.158. The normalized spacial score (nSPS) is 11.8. The van der Waals surface area contributed by atoms with E-state index in [1.807, 2.05) is 22.9 Å². The third-order valence-electron chi connectivity index (χ3n) is 3.85. The smallest absolute Gasteiger partial charge is 0.251 e. The van der Waals surface area contributed by atoms with E-state index in [1.54, 1.807) is 56.0 Å². The summed E-state index contributed by atoms with van der Waals surface area (Å²) >= 11 is 0. The number of aliphatic hydroxyl groups excluding tert-OH is 1. The molecule has 0 bridgehead atoms. The summed E-state index contributed by atoms with van der Waals surface area (Å²) in [5.41, 5.74) is 2.05. The van der Waals surface area contributed by atoms with Gasteiger partial charge in [-0.05, 0) is 35.9 Å². The highest BCUT2D eigenvalue weighted by atomic mass is 16.5. The second-order valence-electron chi connectivity index (χ2n) is 5.52. The number of carbonyl (C=O) groups is 1. The molecule has 3 aromatic rings. The lowest BCUT2D eigenvalue weighted by atomic mass is 10.1. The molecule has 3 rings (SSSR count). The number of methoxy groups -OCH3 is 1. The Morgan fingerprint density at radius 3 is 2.88 bits per heavy atom. The highest BCUT2D eigenvalue weighted by molar-refractivity contribution is 5.94. The minimum absolute atomic E-state index is 0.112. The number of amides is 1. The first-order chi connectivity index (χ1) is 12.2. The van der Waals surface area contributed by atoms with Gasteiger partial charge in [-0.15, -0.1) is 0 Å². The van der Waals surface area contributed by atoms with Gasteiger partial charge in [-0.25, -0.2) is 4.98 Å². The zero-order valence-electron chi connectivity index (χ0n) is 13.8. The Hall–Kier alpha value is -3.12. The molecule has 128 valence electrons. The van der Waals surface area contributed by atoms with Crippen LogP contribution in [-0.2, 0) is 0 Å². The number of rotatable bonds is 6. The van der Waals surface area contributed by atoms with Crippen LogP contribution in [0.25, 0.3) is 5.69 Å². The van der Waals surface area contributed by atoms with Crippen molar-refractivity contribution in [2.45, 2.75) is 6.10 Å². The first kappa shape index (κ1) is 16.7. The lowest BCUT2D eigenvalue weighted by molar-refractivity contribution is 0.0916. The average Bonchev–Trinajstić information content (AvgIpc) is 3.21. The molecule has 6 nitrogen and oxygen atoms in total. The molecule has 0 aliphatic heterocycles. The third kappa shape index (κ3) is 4.05. The topological polar surface area (TPSA) is 76.4 Å². The van der Waals surface area contributed by atoms with E-state index in [9.17, 15) is 9.90 Å². The molecule has 0 spiro atoms. The van der Waals surface area contributed by atoms with Crippen LogP contribution < -0.4 is 10.1 Å². The summed E-state index contributed by atoms with van der Waals surface area (Å²) in [6, 6.07) is 14.3. The Morgan fingerprint density at radius 1 is 1.28 bits per heavy atom. The molecule has 0 fully saturated rings. The maximum atomic E-state index is 12.4. The predicted molar refractivity (Wildman–Crippen MR) is 93.9 cm³/mol. The lowest BCUT2D eigenvalue weighted by Gasteiger charge is -2.13. The SMILES string of the molecule is COc1cccc(C(O)CNC(=O)c2cccc(-n3ccnc3)c2)c1. The van der Waals surface area contributed by atoms with Gasteiger partial charge in [0.15, 0.2) is 0 Å². The first-order valence-electron chi connectivity index (χ1n) is 7.86. The van der Waals surface area contributed by atoms with Crippen molar-refractivity contribution >= 4 is 5.91 Å². The van der Waals surface area contributed by atoms with Gasteiger partial charge in [0.05, 0.1) is 19.5 Å². The molecule has 0 saturated carbocycles. The second kappa shape index (κ2) is 7.63. The molecule has 1 amide bonds. The van der Waals surface area contributed by atoms with Gasteiger partial charge in [0.2, 0.25) is 0 Å². The van der Waals surface area contributed by atoms with Crippen LogP contribution in [-0.4, -0.2) is 34.2 Å². The van der Waals surface area contributed by atoms with E-state index in [-0.39, 0.29) is 12.5 Å². The van der Waals surface area contributed by atoms with Crippen LogP contribution in [0.2, 0.25) is 0 Å². The second-order valence-corrected chi connectivity index (χ2v) is 5.52. The molecule has 0 radical (unpaired) electrons. The van der Waals surface area contributed by atoms with E-state index in [4.69, 9.17) is 4.74 Å². The van der Waals surface area contributed by atoms with Gasteiger partial charge < -0.3 is 19.7 Å². The van der Waals surface area contributed by atoms with E-state index in [2.05, 4.69) is 10.3 Å². The number of aliphatic hydroxyl groups is 1. The number of hydrogen-bond donors (Lipinski definition) is 2. The summed E-state index contributed by atoms with van der Waals surface area (Å²) in [6.45, 7) is 0.112. The number of nitrogens with one attached hydrogen (secondary N) is 1. The molecule has 1 unspecified atom stereocenters. The molecule has 2 N–H and O–H groups in total. The Balaban J connectivity index is 1.65. The monoisotopic (exact) mass is 337 g/mol. The van der Waals surface area contributed by atoms with E-state index in [0.29, 0.717) is 16.9 Å². The van der Waals surface area contributed by atoms with Crippen LogP contribution >= 0.6 is 0 Å². The first-order valence-corrected chi connectivity index (χ1v) is 7.86. The van der Waals surface area contributed by atoms with Gasteiger partial charge in [0.1, 0.15) is 5.75 Å². The summed E-state index contributed by atoms with van der Waals surface area (Å²) in [5.74, 6) is 0.417. The van der Waals surface area contributed by atoms with Crippen molar-refractivity contribution in [2.75, 3.05) is 13.7 Å². The Kier molecular flexibility index (Phi) is 5.11. The zero-order chi connectivity index (χ0) is 17.6. The summed E-state index contributed by atoms with van der Waals surface area (Å²) in [7, 11) is 1.57. The van der Waals surface area contributed by atoms with Gasteiger partial charge in [0, 0.05) is 30.2 Å². The average molecular weight is 337 g/mol. The molecule has 1 heterocycles. The minimum atomic E-state index is -0.809. The molecule has 0 saturated heterocycles. The Bertz CT molecular complexity index is 847. The number of carbonyl (C=O) groups excluding carboxylic acids is 1. The third-order valence-corrected chi connectivity index (χ3v) is 3.85. The number of aromatic nitrogens is 2. The molecule has 0 aliphatic carbocycles. The van der Waals surface area contributed by atoms with Gasteiger partial charge in [-0.2, -0.15) is 0 Å². The summed E-state index contributed by atoms with van der Waals surface area (Å²) in [6.07, 6.45) is 4.35. The van der Waals surface area contributed by atoms with Gasteiger partial charge >= 0.3 is 0 Å². The van der Waals surface area contributed by atoms with E-state index < -0.39 is 6.10 Å². The number of hydrogen-bond acceptors (Lipinski definition) is 4. The van der Waals surface area contributed by atoms with E-state index in [1.165, 1.54) is 0 Å². The van der Waals surface area contributed by atoms with Crippen LogP contribution in [0.15, 0.2) is 67.3 Å². The van der Waals surface area contributed by atoms with Crippen molar-refractivity contribution in [3.8, 4) is 11.4 Å². The van der Waals surface area contributed by atoms with Gasteiger partial charge in [0.25, 0.3) is 5.91 Å². The molecule has 6 heteroatoms. The molecule has 25 heavy (non-hydrogen) atoms. The fourth-order valence-corrected chi connectivity index (χ4v) is 2.48. The summed E-state index contributed by atoms with van der Waals surface area (Å²) < 4.78 is 6.96. The quantitative estimate of drug-likeness (QED) is 0.724. The molecule has 0 aliphatic rings. The van der Waals surface area contributed by atoms with Crippen molar-refractivity contribution < 1.29 is 14.6 Å². The zero-order valence-corrected chi connectivity index (χ0v) is 13.8. The highest BCUT2D eigenvalue weighted by Crippen LogP contribution is 2.18. The van der Waals surface area contributed by atoms with Crippen molar-refractivity contribution in [3.63, 3.8) is 0 Å². The van der Waals surface area contributed by atoms with Crippen LogP contribution in [0.3, 0.4) is 0 Å². The van der Waals surface area contributed by atoms with Crippen LogP contribution in [0, 0.1) is 0 Å². The maximum absolute atomic E-state index is 12.4. The summed E-state index contributed by atoms with van der Waals surface area (Å²) in [4.78, 5) is 16.4. The largest absolute Gasteiger partial charge is 0.497 e. The van der Waals surface area contributed by atoms with Crippen molar-refractivity contribution in [3.05, 3.63) is 78.4 Å². The van der Waals surface area contributed by atoms with Gasteiger partial charge in [-0.1, -0.05) is 18.2 Å². The lowest BCUT2D eigenvalue weighted by Crippen LogP contribution is -2.28. The van der Waals surface area contributed by atoms with E-state index >= 15 is 0 Å². The van der Waals surface area contributed by atoms with Crippen LogP contribution in [0.1, 0.15) is 22.0 Å². The fourth-order valence-electron chi connectivity index (χ4n) is 2.48. The Morgan fingerprint density at radius 2 is 2.12 bits per heavy atom. The molecule has 1 atom stereocenters. The molecule has 1 aromatic heterocycles. The number of imidazole rings is 1. The molecular weight excluding hydrogens is 318 g/mol.